The van der Waals surface area contributed by atoms with Crippen molar-refractivity contribution in [3.8, 4) is 0 Å². The molecule has 1 aromatic rings. The van der Waals surface area contributed by atoms with E-state index in [1.165, 1.54) is 24.8 Å². The summed E-state index contributed by atoms with van der Waals surface area (Å²) in [5.74, 6) is 0.129. The summed E-state index contributed by atoms with van der Waals surface area (Å²) in [5.41, 5.74) is 6.89. The van der Waals surface area contributed by atoms with Gasteiger partial charge in [0, 0.05) is 25.0 Å². The van der Waals surface area contributed by atoms with Gasteiger partial charge in [-0.2, -0.15) is 0 Å². The van der Waals surface area contributed by atoms with Crippen LogP contribution in [0.15, 0.2) is 30.3 Å². The van der Waals surface area contributed by atoms with Crippen molar-refractivity contribution in [1.82, 2.24) is 4.90 Å². The molecule has 0 bridgehead atoms. The molecule has 2 rings (SSSR count). The maximum absolute atomic E-state index is 12.6. The van der Waals surface area contributed by atoms with E-state index in [4.69, 9.17) is 5.73 Å². The third-order valence-electron chi connectivity index (χ3n) is 4.27. The highest BCUT2D eigenvalue weighted by molar-refractivity contribution is 5.79. The first kappa shape index (κ1) is 15.0. The lowest BCUT2D eigenvalue weighted by Crippen LogP contribution is -2.44. The summed E-state index contributed by atoms with van der Waals surface area (Å²) in [6, 6.07) is 10.7. The molecule has 1 atom stereocenters. The van der Waals surface area contributed by atoms with Crippen LogP contribution in [-0.4, -0.2) is 23.4 Å². The topological polar surface area (TPSA) is 46.3 Å². The summed E-state index contributed by atoms with van der Waals surface area (Å²) < 4.78 is 0. The molecule has 3 nitrogen and oxygen atoms in total. The van der Waals surface area contributed by atoms with Crippen molar-refractivity contribution in [2.24, 2.45) is 11.7 Å². The van der Waals surface area contributed by atoms with Gasteiger partial charge in [-0.05, 0) is 18.4 Å². The second-order valence-electron chi connectivity index (χ2n) is 5.88. The minimum Gasteiger partial charge on any atom is -0.335 e. The van der Waals surface area contributed by atoms with Crippen LogP contribution in [0.25, 0.3) is 0 Å². The monoisotopic (exact) mass is 274 g/mol. The molecule has 1 aliphatic carbocycles. The second kappa shape index (κ2) is 7.44. The molecule has 0 aromatic heterocycles. The van der Waals surface area contributed by atoms with E-state index in [-0.39, 0.29) is 11.8 Å². The average molecular weight is 274 g/mol. The molecule has 3 heteroatoms. The molecule has 0 saturated heterocycles. The first-order chi connectivity index (χ1) is 9.72. The quantitative estimate of drug-likeness (QED) is 0.897. The maximum atomic E-state index is 12.6. The van der Waals surface area contributed by atoms with Gasteiger partial charge >= 0.3 is 0 Å². The number of amides is 1. The van der Waals surface area contributed by atoms with Gasteiger partial charge in [0.2, 0.25) is 5.91 Å². The first-order valence-electron chi connectivity index (χ1n) is 7.77. The molecule has 1 saturated carbocycles. The maximum Gasteiger partial charge on any atom is 0.227 e. The molecular formula is C17H26N2O. The van der Waals surface area contributed by atoms with E-state index in [2.05, 4.69) is 17.0 Å². The minimum absolute atomic E-state index is 0.0827. The Labute approximate surface area is 122 Å². The zero-order valence-corrected chi connectivity index (χ0v) is 12.4. The van der Waals surface area contributed by atoms with Gasteiger partial charge in [-0.15, -0.1) is 0 Å². The summed E-state index contributed by atoms with van der Waals surface area (Å²) in [6.07, 6.45) is 6.04. The number of carbonyl (C=O) groups excluding carboxylic acids is 1. The van der Waals surface area contributed by atoms with Gasteiger partial charge in [0.25, 0.3) is 0 Å². The molecular weight excluding hydrogens is 248 g/mol. The molecule has 0 spiro atoms. The van der Waals surface area contributed by atoms with E-state index in [1.54, 1.807) is 0 Å². The molecule has 1 aromatic carbocycles. The lowest BCUT2D eigenvalue weighted by molar-refractivity contribution is -0.138. The number of hydrogen-bond donors (Lipinski definition) is 1. The molecule has 1 amide bonds. The van der Waals surface area contributed by atoms with E-state index in [9.17, 15) is 4.79 Å². The molecule has 20 heavy (non-hydrogen) atoms. The van der Waals surface area contributed by atoms with Crippen molar-refractivity contribution in [1.29, 1.82) is 0 Å². The molecule has 0 radical (unpaired) electrons. The van der Waals surface area contributed by atoms with Gasteiger partial charge in [-0.25, -0.2) is 0 Å². The van der Waals surface area contributed by atoms with Gasteiger partial charge in [0.1, 0.15) is 0 Å². The lowest BCUT2D eigenvalue weighted by atomic mass is 9.93. The fourth-order valence-corrected chi connectivity index (χ4v) is 2.94. The van der Waals surface area contributed by atoms with Gasteiger partial charge in [0.15, 0.2) is 0 Å². The van der Waals surface area contributed by atoms with E-state index >= 15 is 0 Å². The molecule has 110 valence electrons. The molecule has 0 aliphatic heterocycles. The van der Waals surface area contributed by atoms with Crippen molar-refractivity contribution >= 4 is 5.91 Å². The van der Waals surface area contributed by atoms with Crippen molar-refractivity contribution in [3.63, 3.8) is 0 Å². The van der Waals surface area contributed by atoms with Crippen LogP contribution in [0.3, 0.4) is 0 Å². The minimum atomic E-state index is -0.0827. The number of hydrogen-bond acceptors (Lipinski definition) is 2. The zero-order chi connectivity index (χ0) is 14.4. The first-order valence-corrected chi connectivity index (χ1v) is 7.77. The third-order valence-corrected chi connectivity index (χ3v) is 4.27. The van der Waals surface area contributed by atoms with Crippen LogP contribution in [0.4, 0.5) is 0 Å². The van der Waals surface area contributed by atoms with E-state index in [0.29, 0.717) is 19.1 Å². The highest BCUT2D eigenvalue weighted by Gasteiger charge is 2.27. The summed E-state index contributed by atoms with van der Waals surface area (Å²) in [4.78, 5) is 14.7. The Balaban J connectivity index is 2.12. The highest BCUT2D eigenvalue weighted by atomic mass is 16.2. The van der Waals surface area contributed by atoms with Gasteiger partial charge in [-0.1, -0.05) is 56.5 Å². The lowest BCUT2D eigenvalue weighted by Gasteiger charge is -2.36. The van der Waals surface area contributed by atoms with Gasteiger partial charge in [-0.3, -0.25) is 4.79 Å². The van der Waals surface area contributed by atoms with Crippen molar-refractivity contribution in [2.75, 3.05) is 6.54 Å². The van der Waals surface area contributed by atoms with Crippen molar-refractivity contribution in [3.05, 3.63) is 35.9 Å². The molecule has 1 aliphatic rings. The van der Waals surface area contributed by atoms with E-state index < -0.39 is 0 Å². The predicted octanol–water partition coefficient (Wildman–Crippen LogP) is 2.94. The summed E-state index contributed by atoms with van der Waals surface area (Å²) in [5, 5.41) is 0. The SMILES string of the molecule is CC(CN)C(=O)N(Cc1ccccc1)C1CCCCC1. The van der Waals surface area contributed by atoms with Crippen LogP contribution in [0.5, 0.6) is 0 Å². The van der Waals surface area contributed by atoms with Crippen molar-refractivity contribution < 1.29 is 4.79 Å². The van der Waals surface area contributed by atoms with Crippen molar-refractivity contribution in [2.45, 2.75) is 51.6 Å². The normalized spacial score (nSPS) is 17.7. The second-order valence-corrected chi connectivity index (χ2v) is 5.88. The predicted molar refractivity (Wildman–Crippen MR) is 82.1 cm³/mol. The number of carbonyl (C=O) groups is 1. The summed E-state index contributed by atoms with van der Waals surface area (Å²) >= 11 is 0. The smallest absolute Gasteiger partial charge is 0.227 e. The van der Waals surface area contributed by atoms with Crippen LogP contribution in [-0.2, 0) is 11.3 Å². The highest BCUT2D eigenvalue weighted by Crippen LogP contribution is 2.25. The summed E-state index contributed by atoms with van der Waals surface area (Å²) in [6.45, 7) is 3.08. The van der Waals surface area contributed by atoms with Crippen LogP contribution in [0, 0.1) is 5.92 Å². The Hall–Kier alpha value is -1.35. The Morgan fingerprint density at radius 3 is 2.50 bits per heavy atom. The Morgan fingerprint density at radius 1 is 1.25 bits per heavy atom. The fraction of sp³-hybridized carbons (Fsp3) is 0.588. The van der Waals surface area contributed by atoms with E-state index in [1.807, 2.05) is 25.1 Å². The Morgan fingerprint density at radius 2 is 1.90 bits per heavy atom. The molecule has 0 heterocycles. The molecule has 1 fully saturated rings. The number of rotatable bonds is 5. The molecule has 2 N–H and O–H groups in total. The van der Waals surface area contributed by atoms with Crippen LogP contribution < -0.4 is 5.73 Å². The van der Waals surface area contributed by atoms with Crippen LogP contribution in [0.1, 0.15) is 44.6 Å². The van der Waals surface area contributed by atoms with Crippen LogP contribution >= 0.6 is 0 Å². The number of nitrogens with zero attached hydrogens (tertiary/aromatic N) is 1. The third kappa shape index (κ3) is 3.83. The zero-order valence-electron chi connectivity index (χ0n) is 12.4. The molecule has 1 unspecified atom stereocenters. The van der Waals surface area contributed by atoms with E-state index in [0.717, 1.165) is 12.8 Å². The largest absolute Gasteiger partial charge is 0.335 e. The Kier molecular flexibility index (Phi) is 5.60. The summed E-state index contributed by atoms with van der Waals surface area (Å²) in [7, 11) is 0. The number of benzene rings is 1. The fourth-order valence-electron chi connectivity index (χ4n) is 2.94. The van der Waals surface area contributed by atoms with Crippen LogP contribution in [0.2, 0.25) is 0 Å². The van der Waals surface area contributed by atoms with Gasteiger partial charge < -0.3 is 10.6 Å². The number of nitrogens with two attached hydrogens (primary N) is 1. The average Bonchev–Trinajstić information content (AvgIpc) is 2.53. The van der Waals surface area contributed by atoms with Gasteiger partial charge in [0.05, 0.1) is 0 Å². The standard InChI is InChI=1S/C17H26N2O/c1-14(12-18)17(20)19(16-10-6-3-7-11-16)13-15-8-4-2-5-9-15/h2,4-5,8-9,14,16H,3,6-7,10-13,18H2,1H3. The Bertz CT molecular complexity index is 412.